The Bertz CT molecular complexity index is 1480. The molecule has 4 aromatic rings. The van der Waals surface area contributed by atoms with E-state index in [-0.39, 0.29) is 5.43 Å². The molecular formula is C24H19NO6. The van der Waals surface area contributed by atoms with Crippen molar-refractivity contribution in [3.05, 3.63) is 58.3 Å². The van der Waals surface area contributed by atoms with E-state index in [4.69, 9.17) is 18.9 Å². The predicted octanol–water partition coefficient (Wildman–Crippen LogP) is 4.59. The summed E-state index contributed by atoms with van der Waals surface area (Å²) in [5, 5.41) is 2.86. The lowest BCUT2D eigenvalue weighted by atomic mass is 9.87. The summed E-state index contributed by atoms with van der Waals surface area (Å²) < 4.78 is 22.8. The van der Waals surface area contributed by atoms with Crippen LogP contribution in [-0.4, -0.2) is 30.0 Å². The van der Waals surface area contributed by atoms with E-state index in [2.05, 4.69) is 4.98 Å². The Morgan fingerprint density at radius 3 is 2.61 bits per heavy atom. The van der Waals surface area contributed by atoms with Gasteiger partial charge in [-0.2, -0.15) is 0 Å². The fraction of sp³-hybridized carbons (Fsp3) is 0.250. The van der Waals surface area contributed by atoms with Crippen LogP contribution in [0.5, 0.6) is 11.5 Å². The Balaban J connectivity index is 1.80. The molecular weight excluding hydrogens is 398 g/mol. The number of hydrogen-bond acceptors (Lipinski definition) is 6. The first-order valence-electron chi connectivity index (χ1n) is 10.0. The Morgan fingerprint density at radius 2 is 1.81 bits per heavy atom. The molecule has 0 aliphatic carbocycles. The van der Waals surface area contributed by atoms with Crippen molar-refractivity contribution in [3.63, 3.8) is 0 Å². The number of carbonyl (C=O) groups is 1. The van der Waals surface area contributed by atoms with Crippen molar-refractivity contribution in [3.8, 4) is 11.5 Å². The standard InChI is InChI=1S/C24H19NO6/c1-24(2)22-21(29-23(27)30-22)17-15(31-24)10-14(28-3)16-19(17)25-18-12-7-5-4-6-11(12)8-9-13(18)20(16)26/h4-10,21-22H,1-3H3,(H,25,26)/t21-,22-/m1/s1. The number of rotatable bonds is 1. The Kier molecular flexibility index (Phi) is 3.44. The van der Waals surface area contributed by atoms with Crippen LogP contribution in [0.1, 0.15) is 25.5 Å². The van der Waals surface area contributed by atoms with Crippen LogP contribution in [0.2, 0.25) is 0 Å². The van der Waals surface area contributed by atoms with Gasteiger partial charge in [0.15, 0.2) is 12.2 Å². The first-order chi connectivity index (χ1) is 14.9. The minimum Gasteiger partial charge on any atom is -0.496 e. The van der Waals surface area contributed by atoms with Gasteiger partial charge in [-0.25, -0.2) is 4.79 Å². The molecule has 1 fully saturated rings. The third kappa shape index (κ3) is 2.34. The smallest absolute Gasteiger partial charge is 0.496 e. The fourth-order valence-corrected chi connectivity index (χ4v) is 4.81. The highest BCUT2D eigenvalue weighted by atomic mass is 16.8. The highest BCUT2D eigenvalue weighted by molar-refractivity contribution is 6.09. The lowest BCUT2D eigenvalue weighted by molar-refractivity contribution is -0.0498. The quantitative estimate of drug-likeness (QED) is 0.277. The zero-order valence-corrected chi connectivity index (χ0v) is 17.1. The van der Waals surface area contributed by atoms with E-state index in [1.54, 1.807) is 6.07 Å². The monoisotopic (exact) mass is 417 g/mol. The second kappa shape index (κ2) is 5.91. The second-order valence-corrected chi connectivity index (χ2v) is 8.44. The van der Waals surface area contributed by atoms with Gasteiger partial charge in [0, 0.05) is 16.8 Å². The van der Waals surface area contributed by atoms with Gasteiger partial charge in [-0.1, -0.05) is 30.3 Å². The Hall–Kier alpha value is -3.74. The number of ether oxygens (including phenoxy) is 4. The molecule has 2 aliphatic rings. The zero-order chi connectivity index (χ0) is 21.5. The van der Waals surface area contributed by atoms with Crippen LogP contribution in [0.15, 0.2) is 47.3 Å². The number of aromatic amines is 1. The molecule has 0 unspecified atom stereocenters. The summed E-state index contributed by atoms with van der Waals surface area (Å²) >= 11 is 0. The minimum absolute atomic E-state index is 0.166. The van der Waals surface area contributed by atoms with E-state index < -0.39 is 24.0 Å². The SMILES string of the molecule is COc1cc2c(c3[nH]c4c(ccc5ccccc54)c(=O)c13)[C@H]1OC(=O)O[C@H]1C(C)(C)O2. The maximum absolute atomic E-state index is 13.6. The maximum Gasteiger partial charge on any atom is 0.509 e. The Labute approximate surface area is 176 Å². The number of H-pyrrole nitrogens is 1. The molecule has 1 aromatic heterocycles. The molecule has 2 atom stereocenters. The van der Waals surface area contributed by atoms with Crippen LogP contribution in [0, 0.1) is 0 Å². The normalized spacial score (nSPS) is 21.3. The van der Waals surface area contributed by atoms with Gasteiger partial charge in [-0.15, -0.1) is 0 Å². The average molecular weight is 417 g/mol. The van der Waals surface area contributed by atoms with Crippen LogP contribution in [0.4, 0.5) is 4.79 Å². The molecule has 3 aromatic carbocycles. The van der Waals surface area contributed by atoms with E-state index in [9.17, 15) is 9.59 Å². The van der Waals surface area contributed by atoms with Crippen LogP contribution >= 0.6 is 0 Å². The largest absolute Gasteiger partial charge is 0.509 e. The number of nitrogens with one attached hydrogen (secondary N) is 1. The molecule has 3 heterocycles. The first-order valence-corrected chi connectivity index (χ1v) is 10.0. The molecule has 1 saturated heterocycles. The number of pyridine rings is 1. The molecule has 0 bridgehead atoms. The summed E-state index contributed by atoms with van der Waals surface area (Å²) in [5.74, 6) is 0.883. The first kappa shape index (κ1) is 18.1. The summed E-state index contributed by atoms with van der Waals surface area (Å²) in [6, 6.07) is 13.3. The predicted molar refractivity (Wildman–Crippen MR) is 115 cm³/mol. The molecule has 0 radical (unpaired) electrons. The van der Waals surface area contributed by atoms with Crippen molar-refractivity contribution >= 4 is 38.7 Å². The molecule has 7 nitrogen and oxygen atoms in total. The van der Waals surface area contributed by atoms with E-state index >= 15 is 0 Å². The molecule has 0 saturated carbocycles. The van der Waals surface area contributed by atoms with Crippen LogP contribution in [0.3, 0.4) is 0 Å². The third-order valence-electron chi connectivity index (χ3n) is 6.23. The highest BCUT2D eigenvalue weighted by Gasteiger charge is 2.54. The van der Waals surface area contributed by atoms with Gasteiger partial charge < -0.3 is 23.9 Å². The maximum atomic E-state index is 13.6. The van der Waals surface area contributed by atoms with Crippen LogP contribution in [-0.2, 0) is 9.47 Å². The van der Waals surface area contributed by atoms with Crippen molar-refractivity contribution in [2.24, 2.45) is 0 Å². The van der Waals surface area contributed by atoms with Crippen molar-refractivity contribution in [1.29, 1.82) is 0 Å². The highest BCUT2D eigenvalue weighted by Crippen LogP contribution is 2.50. The molecule has 7 heteroatoms. The molecule has 31 heavy (non-hydrogen) atoms. The van der Waals surface area contributed by atoms with Gasteiger partial charge in [-0.05, 0) is 25.3 Å². The van der Waals surface area contributed by atoms with E-state index in [0.29, 0.717) is 38.9 Å². The van der Waals surface area contributed by atoms with Gasteiger partial charge in [0.05, 0.1) is 29.1 Å². The number of hydrogen-bond donors (Lipinski definition) is 1. The lowest BCUT2D eigenvalue weighted by Gasteiger charge is -2.38. The number of benzene rings is 3. The van der Waals surface area contributed by atoms with Crippen molar-refractivity contribution in [2.75, 3.05) is 7.11 Å². The summed E-state index contributed by atoms with van der Waals surface area (Å²) in [7, 11) is 1.51. The van der Waals surface area contributed by atoms with Crippen LogP contribution < -0.4 is 14.9 Å². The zero-order valence-electron chi connectivity index (χ0n) is 17.1. The number of aromatic nitrogens is 1. The van der Waals surface area contributed by atoms with Gasteiger partial charge in [0.25, 0.3) is 0 Å². The Morgan fingerprint density at radius 1 is 1.00 bits per heavy atom. The number of methoxy groups -OCH3 is 1. The second-order valence-electron chi connectivity index (χ2n) is 8.44. The summed E-state index contributed by atoms with van der Waals surface area (Å²) in [5.41, 5.74) is 0.829. The van der Waals surface area contributed by atoms with Crippen LogP contribution in [0.25, 0.3) is 32.6 Å². The third-order valence-corrected chi connectivity index (χ3v) is 6.23. The molecule has 0 amide bonds. The average Bonchev–Trinajstić information content (AvgIpc) is 3.15. The summed E-state index contributed by atoms with van der Waals surface area (Å²) in [6.45, 7) is 3.67. The fourth-order valence-electron chi connectivity index (χ4n) is 4.81. The van der Waals surface area contributed by atoms with Crippen molar-refractivity contribution < 1.29 is 23.7 Å². The summed E-state index contributed by atoms with van der Waals surface area (Å²) in [4.78, 5) is 29.1. The summed E-state index contributed by atoms with van der Waals surface area (Å²) in [6.07, 6.45) is -2.10. The number of fused-ring (bicyclic) bond motifs is 8. The van der Waals surface area contributed by atoms with Gasteiger partial charge >= 0.3 is 6.16 Å². The van der Waals surface area contributed by atoms with E-state index in [1.165, 1.54) is 7.11 Å². The number of carbonyl (C=O) groups excluding carboxylic acids is 1. The van der Waals surface area contributed by atoms with E-state index in [0.717, 1.165) is 10.8 Å². The topological polar surface area (TPSA) is 86.9 Å². The van der Waals surface area contributed by atoms with Crippen molar-refractivity contribution in [1.82, 2.24) is 4.98 Å². The molecule has 156 valence electrons. The minimum atomic E-state index is -0.813. The molecule has 0 spiro atoms. The van der Waals surface area contributed by atoms with Gasteiger partial charge in [-0.3, -0.25) is 4.79 Å². The molecule has 2 aliphatic heterocycles. The lowest BCUT2D eigenvalue weighted by Crippen LogP contribution is -2.48. The van der Waals surface area contributed by atoms with Crippen molar-refractivity contribution in [2.45, 2.75) is 31.7 Å². The molecule has 1 N–H and O–H groups in total. The van der Waals surface area contributed by atoms with E-state index in [1.807, 2.05) is 50.2 Å². The van der Waals surface area contributed by atoms with Gasteiger partial charge in [0.1, 0.15) is 17.1 Å². The van der Waals surface area contributed by atoms with Gasteiger partial charge in [0.2, 0.25) is 5.43 Å². The molecule has 6 rings (SSSR count).